The number of rotatable bonds is 8. The molecular formula is C26H28N2O6. The fourth-order valence-electron chi connectivity index (χ4n) is 5.00. The third kappa shape index (κ3) is 3.31. The molecule has 2 atom stereocenters. The van der Waals surface area contributed by atoms with Crippen LogP contribution in [0.25, 0.3) is 10.8 Å². The lowest BCUT2D eigenvalue weighted by Crippen LogP contribution is -2.53. The van der Waals surface area contributed by atoms with Gasteiger partial charge in [-0.3, -0.25) is 29.0 Å². The van der Waals surface area contributed by atoms with Gasteiger partial charge in [-0.1, -0.05) is 47.0 Å². The second kappa shape index (κ2) is 8.66. The predicted molar refractivity (Wildman–Crippen MR) is 125 cm³/mol. The molecular weight excluding hydrogens is 436 g/mol. The van der Waals surface area contributed by atoms with Gasteiger partial charge in [-0.15, -0.1) is 0 Å². The quantitative estimate of drug-likeness (QED) is 0.592. The number of carboxylic acids is 1. The van der Waals surface area contributed by atoms with Crippen molar-refractivity contribution >= 4 is 40.4 Å². The van der Waals surface area contributed by atoms with Gasteiger partial charge in [-0.05, 0) is 36.1 Å². The van der Waals surface area contributed by atoms with Crippen LogP contribution in [-0.4, -0.2) is 57.1 Å². The normalized spacial score (nSPS) is 17.1. The lowest BCUT2D eigenvalue weighted by atomic mass is 9.84. The molecule has 4 rings (SSSR count). The molecule has 0 unspecified atom stereocenters. The van der Waals surface area contributed by atoms with Crippen molar-refractivity contribution in [3.8, 4) is 0 Å². The zero-order chi connectivity index (χ0) is 24.9. The molecule has 2 aliphatic rings. The molecule has 2 aromatic carbocycles. The van der Waals surface area contributed by atoms with Crippen LogP contribution in [0.5, 0.6) is 0 Å². The van der Waals surface area contributed by atoms with E-state index >= 15 is 0 Å². The van der Waals surface area contributed by atoms with Crippen LogP contribution >= 0.6 is 0 Å². The summed E-state index contributed by atoms with van der Waals surface area (Å²) >= 11 is 0. The Morgan fingerprint density at radius 2 is 1.18 bits per heavy atom. The molecule has 0 bridgehead atoms. The van der Waals surface area contributed by atoms with E-state index in [1.807, 2.05) is 13.8 Å². The number of benzene rings is 2. The molecule has 0 spiro atoms. The number of carboxylic acid groups (broad SMARTS) is 1. The number of aliphatic carboxylic acids is 1. The molecule has 8 heteroatoms. The zero-order valence-corrected chi connectivity index (χ0v) is 19.8. The Morgan fingerprint density at radius 3 is 1.53 bits per heavy atom. The Kier molecular flexibility index (Phi) is 6.02. The minimum atomic E-state index is -1.32. The van der Waals surface area contributed by atoms with Gasteiger partial charge in [0.15, 0.2) is 0 Å². The van der Waals surface area contributed by atoms with Crippen molar-refractivity contribution in [2.75, 3.05) is 6.54 Å². The Hall–Kier alpha value is -3.55. The molecule has 0 aliphatic carbocycles. The topological polar surface area (TPSA) is 112 Å². The van der Waals surface area contributed by atoms with Crippen LogP contribution in [0.3, 0.4) is 0 Å². The van der Waals surface area contributed by atoms with Gasteiger partial charge in [0.05, 0.1) is 0 Å². The van der Waals surface area contributed by atoms with Crippen molar-refractivity contribution in [2.24, 2.45) is 11.8 Å². The molecule has 4 amide bonds. The third-order valence-corrected chi connectivity index (χ3v) is 7.32. The van der Waals surface area contributed by atoms with E-state index in [0.717, 1.165) is 17.7 Å². The monoisotopic (exact) mass is 464 g/mol. The van der Waals surface area contributed by atoms with E-state index in [0.29, 0.717) is 18.4 Å². The Labute approximate surface area is 197 Å². The summed E-state index contributed by atoms with van der Waals surface area (Å²) in [4.78, 5) is 67.5. The van der Waals surface area contributed by atoms with Crippen molar-refractivity contribution in [1.82, 2.24) is 9.80 Å². The van der Waals surface area contributed by atoms with Gasteiger partial charge in [0.2, 0.25) is 0 Å². The maximum atomic E-state index is 13.4. The van der Waals surface area contributed by atoms with Gasteiger partial charge in [0.1, 0.15) is 6.04 Å². The van der Waals surface area contributed by atoms with Crippen LogP contribution in [-0.2, 0) is 4.79 Å². The number of hydrogen-bond acceptors (Lipinski definition) is 5. The molecule has 0 saturated carbocycles. The van der Waals surface area contributed by atoms with E-state index in [-0.39, 0.29) is 33.6 Å². The summed E-state index contributed by atoms with van der Waals surface area (Å²) in [5, 5.41) is 10.4. The summed E-state index contributed by atoms with van der Waals surface area (Å²) in [5.41, 5.74) is 0.788. The predicted octanol–water partition coefficient (Wildman–Crippen LogP) is 3.97. The lowest BCUT2D eigenvalue weighted by Gasteiger charge is -2.36. The number of nitrogens with zero attached hydrogens (tertiary/aromatic N) is 2. The number of hydrogen-bond donors (Lipinski definition) is 1. The van der Waals surface area contributed by atoms with Gasteiger partial charge in [0, 0.05) is 39.6 Å². The Balaban J connectivity index is 1.89. The summed E-state index contributed by atoms with van der Waals surface area (Å²) in [6.07, 6.45) is 2.12. The van der Waals surface area contributed by atoms with Gasteiger partial charge in [-0.25, -0.2) is 4.79 Å². The smallest absolute Gasteiger partial charge is 0.327 e. The van der Waals surface area contributed by atoms with Gasteiger partial charge in [-0.2, -0.15) is 0 Å². The fourth-order valence-corrected chi connectivity index (χ4v) is 5.00. The minimum absolute atomic E-state index is 0.124. The minimum Gasteiger partial charge on any atom is -0.480 e. The molecule has 2 heterocycles. The maximum Gasteiger partial charge on any atom is 0.327 e. The van der Waals surface area contributed by atoms with Gasteiger partial charge >= 0.3 is 5.97 Å². The first-order valence-electron chi connectivity index (χ1n) is 11.7. The number of carbonyl (C=O) groups is 5. The van der Waals surface area contributed by atoms with Crippen molar-refractivity contribution in [1.29, 1.82) is 0 Å². The second-order valence-corrected chi connectivity index (χ2v) is 9.12. The molecule has 0 radical (unpaired) electrons. The average molecular weight is 465 g/mol. The largest absolute Gasteiger partial charge is 0.480 e. The third-order valence-electron chi connectivity index (χ3n) is 7.32. The van der Waals surface area contributed by atoms with Crippen molar-refractivity contribution in [3.05, 3.63) is 46.5 Å². The van der Waals surface area contributed by atoms with E-state index in [1.54, 1.807) is 13.8 Å². The SMILES string of the molecule is CCC(CC)CN1C(=O)c2ccc3c4c(ccc(c24)C1=O)C(=O)N([C@H](C(=O)O)[C@@H](C)CC)C3=O. The summed E-state index contributed by atoms with van der Waals surface area (Å²) in [6.45, 7) is 7.80. The molecule has 2 aliphatic heterocycles. The average Bonchev–Trinajstić information content (AvgIpc) is 2.83. The van der Waals surface area contributed by atoms with Gasteiger partial charge < -0.3 is 5.11 Å². The molecule has 2 aromatic rings. The molecule has 0 saturated heterocycles. The number of carbonyl (C=O) groups excluding carboxylic acids is 4. The van der Waals surface area contributed by atoms with Crippen molar-refractivity contribution in [3.63, 3.8) is 0 Å². The fraction of sp³-hybridized carbons (Fsp3) is 0.423. The molecule has 34 heavy (non-hydrogen) atoms. The van der Waals surface area contributed by atoms with Crippen molar-refractivity contribution in [2.45, 2.75) is 53.0 Å². The van der Waals surface area contributed by atoms with Crippen LogP contribution in [0.4, 0.5) is 0 Å². The number of imide groups is 2. The highest BCUT2D eigenvalue weighted by atomic mass is 16.4. The van der Waals surface area contributed by atoms with Crippen molar-refractivity contribution < 1.29 is 29.1 Å². The summed E-state index contributed by atoms with van der Waals surface area (Å²) in [6, 6.07) is 4.62. The highest BCUT2D eigenvalue weighted by molar-refractivity contribution is 6.33. The number of amides is 4. The molecule has 8 nitrogen and oxygen atoms in total. The van der Waals surface area contributed by atoms with Crippen LogP contribution in [0.15, 0.2) is 24.3 Å². The first-order valence-corrected chi connectivity index (χ1v) is 11.7. The molecule has 0 fully saturated rings. The molecule has 1 N–H and O–H groups in total. The Bertz CT molecular complexity index is 1170. The first-order chi connectivity index (χ1) is 16.2. The highest BCUT2D eigenvalue weighted by Gasteiger charge is 2.45. The summed E-state index contributed by atoms with van der Waals surface area (Å²) in [5.74, 6) is -3.89. The van der Waals surface area contributed by atoms with Crippen LogP contribution in [0.2, 0.25) is 0 Å². The lowest BCUT2D eigenvalue weighted by molar-refractivity contribution is -0.143. The van der Waals surface area contributed by atoms with E-state index < -0.39 is 41.6 Å². The van der Waals surface area contributed by atoms with E-state index in [1.165, 1.54) is 29.2 Å². The second-order valence-electron chi connectivity index (χ2n) is 9.12. The molecule has 178 valence electrons. The maximum absolute atomic E-state index is 13.4. The van der Waals surface area contributed by atoms with E-state index in [9.17, 15) is 29.1 Å². The van der Waals surface area contributed by atoms with Crippen LogP contribution in [0.1, 0.15) is 88.4 Å². The summed E-state index contributed by atoms with van der Waals surface area (Å²) in [7, 11) is 0. The summed E-state index contributed by atoms with van der Waals surface area (Å²) < 4.78 is 0. The van der Waals surface area contributed by atoms with E-state index in [2.05, 4.69) is 0 Å². The van der Waals surface area contributed by atoms with E-state index in [4.69, 9.17) is 0 Å². The molecule has 0 aromatic heterocycles. The van der Waals surface area contributed by atoms with Gasteiger partial charge in [0.25, 0.3) is 23.6 Å². The Morgan fingerprint density at radius 1 is 0.765 bits per heavy atom. The van der Waals surface area contributed by atoms with Crippen LogP contribution < -0.4 is 0 Å². The zero-order valence-electron chi connectivity index (χ0n) is 19.8. The first kappa shape index (κ1) is 23.6. The highest BCUT2D eigenvalue weighted by Crippen LogP contribution is 2.39. The van der Waals surface area contributed by atoms with Crippen LogP contribution in [0, 0.1) is 11.8 Å². The standard InChI is InChI=1S/C26H28N2O6/c1-5-13(4)21(26(33)34)28-24(31)17-10-8-15-19-16(9-11-18(20(17)19)25(28)32)23(30)27(22(15)29)12-14(6-2)7-3/h8-11,13-14,21H,5-7,12H2,1-4H3,(H,33,34)/t13-,21-/m0/s1.